The van der Waals surface area contributed by atoms with Crippen molar-refractivity contribution in [3.8, 4) is 12.1 Å². The molecule has 0 aliphatic carbocycles. The molecule has 252 valence electrons. The van der Waals surface area contributed by atoms with Gasteiger partial charge in [-0.3, -0.25) is 9.78 Å². The predicted molar refractivity (Wildman–Crippen MR) is 188 cm³/mol. The summed E-state index contributed by atoms with van der Waals surface area (Å²) in [6.45, 7) is 3.76. The number of ether oxygens (including phenoxy) is 1. The number of amides is 1. The molecule has 2 aromatic carbocycles. The van der Waals surface area contributed by atoms with Gasteiger partial charge >= 0.3 is 6.01 Å². The molecule has 0 radical (unpaired) electrons. The van der Waals surface area contributed by atoms with E-state index >= 15 is 4.39 Å². The fourth-order valence-electron chi connectivity index (χ4n) is 7.21. The molecule has 0 spiro atoms. The molecule has 0 N–H and O–H groups in total. The second-order valence-electron chi connectivity index (χ2n) is 12.8. The first-order valence-corrected chi connectivity index (χ1v) is 17.1. The number of pyridine rings is 1. The number of likely N-dealkylation sites (N-methyl/N-ethyl adjacent to an activating group) is 1. The van der Waals surface area contributed by atoms with Crippen molar-refractivity contribution in [1.82, 2.24) is 24.8 Å². The Morgan fingerprint density at radius 2 is 1.92 bits per heavy atom. The molecule has 5 heterocycles. The number of aromatic nitrogens is 3. The second-order valence-corrected chi connectivity index (χ2v) is 13.2. The van der Waals surface area contributed by atoms with Crippen LogP contribution in [0.25, 0.3) is 16.8 Å². The number of carbonyl (C=O) groups excluding carboxylic acids is 1. The van der Waals surface area contributed by atoms with E-state index in [9.17, 15) is 10.1 Å². The van der Waals surface area contributed by atoms with E-state index in [4.69, 9.17) is 26.3 Å². The molecule has 1 amide bonds. The lowest BCUT2D eigenvalue weighted by molar-refractivity contribution is -0.131. The summed E-state index contributed by atoms with van der Waals surface area (Å²) < 4.78 is 21.5. The van der Waals surface area contributed by atoms with Gasteiger partial charge in [-0.25, -0.2) is 4.39 Å². The maximum Gasteiger partial charge on any atom is 0.318 e. The van der Waals surface area contributed by atoms with Crippen molar-refractivity contribution in [2.75, 3.05) is 56.2 Å². The largest absolute Gasteiger partial charge is 0.462 e. The third-order valence-electron chi connectivity index (χ3n) is 9.81. The Morgan fingerprint density at radius 1 is 1.06 bits per heavy atom. The van der Waals surface area contributed by atoms with E-state index in [1.807, 2.05) is 18.2 Å². The maximum atomic E-state index is 15.2. The molecule has 2 aromatic heterocycles. The minimum Gasteiger partial charge on any atom is -0.462 e. The van der Waals surface area contributed by atoms with Gasteiger partial charge in [0.15, 0.2) is 5.83 Å². The summed E-state index contributed by atoms with van der Waals surface area (Å²) in [5.74, 6) is -0.907. The van der Waals surface area contributed by atoms with Crippen LogP contribution in [0.4, 0.5) is 15.9 Å². The van der Waals surface area contributed by atoms with E-state index in [2.05, 4.69) is 51.0 Å². The highest BCUT2D eigenvalue weighted by Gasteiger charge is 2.35. The summed E-state index contributed by atoms with van der Waals surface area (Å²) in [5, 5.41) is 12.5. The quantitative estimate of drug-likeness (QED) is 0.218. The zero-order valence-electron chi connectivity index (χ0n) is 27.4. The second kappa shape index (κ2) is 14.4. The van der Waals surface area contributed by atoms with Crippen LogP contribution in [0, 0.1) is 11.3 Å². The van der Waals surface area contributed by atoms with Gasteiger partial charge in [0.05, 0.1) is 41.5 Å². The Balaban J connectivity index is 1.18. The lowest BCUT2D eigenvalue weighted by atomic mass is 10.0. The minimum absolute atomic E-state index is 0.0549. The van der Waals surface area contributed by atoms with E-state index in [0.29, 0.717) is 55.4 Å². The minimum atomic E-state index is -0.907. The molecule has 2 unspecified atom stereocenters. The fraction of sp³-hybridized carbons (Fsp3) is 0.378. The number of anilines is 2. The molecule has 7 rings (SSSR count). The summed E-state index contributed by atoms with van der Waals surface area (Å²) in [6.07, 6.45) is 5.61. The average molecular weight is 681 g/mol. The standard InChI is InChI=1S/C37H38ClFN8O2/c1-44-17-6-10-28(44)24-49-37-42-32-23-45(33-12-5-8-25-7-4-11-30(38)34(25)33)18-14-29(32)35(43-37)46-19-20-47(27(22-46)13-15-40)36(48)31(39)21-26-9-2-3-16-41-26/h2-5,7-9,11-12,16,21,27-28H,6,10,13-14,17-20,22-24H2,1H3/b31-21-. The Bertz CT molecular complexity index is 1910. The highest BCUT2D eigenvalue weighted by molar-refractivity contribution is 6.36. The molecule has 2 fully saturated rings. The van der Waals surface area contributed by atoms with E-state index < -0.39 is 17.8 Å². The normalized spacial score (nSPS) is 20.0. The maximum absolute atomic E-state index is 15.2. The van der Waals surface area contributed by atoms with Crippen LogP contribution in [-0.4, -0.2) is 89.1 Å². The summed E-state index contributed by atoms with van der Waals surface area (Å²) in [5.41, 5.74) is 3.29. The first-order valence-electron chi connectivity index (χ1n) is 16.8. The van der Waals surface area contributed by atoms with Crippen LogP contribution in [0.15, 0.2) is 66.6 Å². The van der Waals surface area contributed by atoms with Crippen LogP contribution < -0.4 is 14.5 Å². The molecule has 4 aromatic rings. The molecule has 10 nitrogen and oxygen atoms in total. The van der Waals surface area contributed by atoms with Crippen LogP contribution in [0.2, 0.25) is 5.02 Å². The monoisotopic (exact) mass is 680 g/mol. The number of nitriles is 1. The predicted octanol–water partition coefficient (Wildman–Crippen LogP) is 5.66. The number of benzene rings is 2. The average Bonchev–Trinajstić information content (AvgIpc) is 3.54. The molecule has 49 heavy (non-hydrogen) atoms. The lowest BCUT2D eigenvalue weighted by Crippen LogP contribution is -2.56. The van der Waals surface area contributed by atoms with Crippen LogP contribution >= 0.6 is 11.6 Å². The van der Waals surface area contributed by atoms with Crippen LogP contribution in [0.1, 0.15) is 36.2 Å². The molecule has 3 aliphatic rings. The Labute approximate surface area is 290 Å². The van der Waals surface area contributed by atoms with Gasteiger partial charge < -0.3 is 24.3 Å². The van der Waals surface area contributed by atoms with Gasteiger partial charge in [0, 0.05) is 61.1 Å². The first-order chi connectivity index (χ1) is 23.9. The zero-order valence-corrected chi connectivity index (χ0v) is 28.2. The van der Waals surface area contributed by atoms with Gasteiger partial charge in [-0.1, -0.05) is 41.9 Å². The molecule has 2 atom stereocenters. The smallest absolute Gasteiger partial charge is 0.318 e. The number of rotatable bonds is 8. The number of halogens is 2. The highest BCUT2D eigenvalue weighted by Crippen LogP contribution is 2.37. The Morgan fingerprint density at radius 3 is 2.69 bits per heavy atom. The number of hydrogen-bond donors (Lipinski definition) is 0. The number of fused-ring (bicyclic) bond motifs is 2. The summed E-state index contributed by atoms with van der Waals surface area (Å²) in [6, 6.07) is 19.5. The molecular weight excluding hydrogens is 643 g/mol. The molecule has 3 aliphatic heterocycles. The van der Waals surface area contributed by atoms with Crippen molar-refractivity contribution in [1.29, 1.82) is 5.26 Å². The van der Waals surface area contributed by atoms with Gasteiger partial charge in [0.25, 0.3) is 5.91 Å². The summed E-state index contributed by atoms with van der Waals surface area (Å²) >= 11 is 6.72. The van der Waals surface area contributed by atoms with E-state index in [1.54, 1.807) is 24.4 Å². The van der Waals surface area contributed by atoms with Gasteiger partial charge in [-0.05, 0) is 62.5 Å². The van der Waals surface area contributed by atoms with Crippen molar-refractivity contribution >= 4 is 45.9 Å². The van der Waals surface area contributed by atoms with Crippen molar-refractivity contribution < 1.29 is 13.9 Å². The van der Waals surface area contributed by atoms with Gasteiger partial charge in [0.1, 0.15) is 12.4 Å². The van der Waals surface area contributed by atoms with Gasteiger partial charge in [-0.2, -0.15) is 15.2 Å². The van der Waals surface area contributed by atoms with Crippen molar-refractivity contribution in [3.63, 3.8) is 0 Å². The van der Waals surface area contributed by atoms with Gasteiger partial charge in [0.2, 0.25) is 0 Å². The third kappa shape index (κ3) is 6.89. The number of piperazine rings is 1. The van der Waals surface area contributed by atoms with Crippen LogP contribution in [-0.2, 0) is 17.8 Å². The number of hydrogen-bond acceptors (Lipinski definition) is 9. The molecule has 2 saturated heterocycles. The molecular formula is C37H38ClFN8O2. The molecule has 12 heteroatoms. The highest BCUT2D eigenvalue weighted by atomic mass is 35.5. The van der Waals surface area contributed by atoms with Crippen molar-refractivity contribution in [2.24, 2.45) is 0 Å². The molecule has 0 bridgehead atoms. The first kappa shape index (κ1) is 32.7. The summed E-state index contributed by atoms with van der Waals surface area (Å²) in [4.78, 5) is 35.5. The van der Waals surface area contributed by atoms with Gasteiger partial charge in [-0.15, -0.1) is 0 Å². The Hall–Kier alpha value is -4.79. The third-order valence-corrected chi connectivity index (χ3v) is 10.1. The topological polar surface area (TPSA) is 102 Å². The fourth-order valence-corrected chi connectivity index (χ4v) is 7.48. The summed E-state index contributed by atoms with van der Waals surface area (Å²) in [7, 11) is 2.11. The number of likely N-dealkylation sites (tertiary alicyclic amines) is 1. The Kier molecular flexibility index (Phi) is 9.60. The van der Waals surface area contributed by atoms with E-state index in [0.717, 1.165) is 65.5 Å². The number of nitrogens with zero attached hydrogens (tertiary/aromatic N) is 8. The van der Waals surface area contributed by atoms with E-state index in [-0.39, 0.29) is 13.0 Å². The molecule has 0 saturated carbocycles. The number of carbonyl (C=O) groups is 1. The lowest BCUT2D eigenvalue weighted by Gasteiger charge is -2.42. The van der Waals surface area contributed by atoms with Crippen molar-refractivity contribution in [2.45, 2.75) is 44.3 Å². The van der Waals surface area contributed by atoms with Crippen molar-refractivity contribution in [3.05, 3.63) is 88.6 Å². The van der Waals surface area contributed by atoms with Crippen LogP contribution in [0.3, 0.4) is 0 Å². The van der Waals surface area contributed by atoms with E-state index in [1.165, 1.54) is 4.90 Å². The van der Waals surface area contributed by atoms with Crippen LogP contribution in [0.5, 0.6) is 6.01 Å². The zero-order chi connectivity index (χ0) is 33.9. The SMILES string of the molecule is CN1CCCC1COc1nc2c(c(N3CCN(C(=O)/C(F)=C/c4ccccn4)C(CC#N)C3)n1)CCN(c1cccc3cccc(Cl)c13)C2.